The van der Waals surface area contributed by atoms with E-state index >= 15 is 0 Å². The lowest BCUT2D eigenvalue weighted by Gasteiger charge is -2.18. The number of benzene rings is 2. The monoisotopic (exact) mass is 543 g/mol. The van der Waals surface area contributed by atoms with E-state index in [4.69, 9.17) is 0 Å². The molecule has 40 heavy (non-hydrogen) atoms. The lowest BCUT2D eigenvalue weighted by Crippen LogP contribution is -2.30. The Bertz CT molecular complexity index is 1340. The minimum atomic E-state index is -0.288. The molecule has 0 radical (unpaired) electrons. The normalized spacial score (nSPS) is 13.8. The summed E-state index contributed by atoms with van der Waals surface area (Å²) >= 11 is 0. The molecule has 2 aromatic rings. The van der Waals surface area contributed by atoms with Crippen molar-refractivity contribution in [3.05, 3.63) is 82.4 Å². The van der Waals surface area contributed by atoms with Crippen molar-refractivity contribution < 1.29 is 28.8 Å². The maximum Gasteiger partial charge on any atom is 0.253 e. The number of rotatable bonds is 14. The second-order valence-corrected chi connectivity index (χ2v) is 9.96. The zero-order valence-corrected chi connectivity index (χ0v) is 22.4. The largest absolute Gasteiger partial charge is 0.356 e. The van der Waals surface area contributed by atoms with Gasteiger partial charge in [0.05, 0.1) is 0 Å². The molecule has 4 amide bonds. The molecule has 1 aliphatic heterocycles. The van der Waals surface area contributed by atoms with E-state index in [9.17, 15) is 28.8 Å². The molecule has 9 nitrogen and oxygen atoms in total. The third-order valence-electron chi connectivity index (χ3n) is 7.08. The maximum absolute atomic E-state index is 12.9. The van der Waals surface area contributed by atoms with Crippen molar-refractivity contribution >= 4 is 35.2 Å². The average Bonchev–Trinajstić information content (AvgIpc) is 3.29. The molecule has 0 atom stereocenters. The predicted octanol–water partition coefficient (Wildman–Crippen LogP) is 3.35. The summed E-state index contributed by atoms with van der Waals surface area (Å²) in [6.07, 6.45) is 8.56. The molecule has 0 spiro atoms. The second-order valence-electron chi connectivity index (χ2n) is 9.96. The Morgan fingerprint density at radius 2 is 1.20 bits per heavy atom. The molecule has 2 N–H and O–H groups in total. The zero-order valence-electron chi connectivity index (χ0n) is 22.4. The van der Waals surface area contributed by atoms with Crippen molar-refractivity contribution in [3.63, 3.8) is 0 Å². The number of imide groups is 1. The van der Waals surface area contributed by atoms with Gasteiger partial charge in [0.2, 0.25) is 5.91 Å². The van der Waals surface area contributed by atoms with Gasteiger partial charge in [-0.05, 0) is 43.9 Å². The zero-order chi connectivity index (χ0) is 28.5. The minimum Gasteiger partial charge on any atom is -0.356 e. The van der Waals surface area contributed by atoms with E-state index in [-0.39, 0.29) is 40.8 Å². The van der Waals surface area contributed by atoms with E-state index in [0.29, 0.717) is 61.2 Å². The van der Waals surface area contributed by atoms with Crippen LogP contribution in [0.1, 0.15) is 93.6 Å². The van der Waals surface area contributed by atoms with Gasteiger partial charge in [0.15, 0.2) is 11.6 Å². The lowest BCUT2D eigenvalue weighted by atomic mass is 9.83. The van der Waals surface area contributed by atoms with Gasteiger partial charge in [-0.3, -0.25) is 33.7 Å². The van der Waals surface area contributed by atoms with Crippen LogP contribution in [0.5, 0.6) is 0 Å². The molecular formula is C31H33N3O6. The molecule has 0 fully saturated rings. The Morgan fingerprint density at radius 3 is 1.88 bits per heavy atom. The fourth-order valence-electron chi connectivity index (χ4n) is 4.85. The molecular weight excluding hydrogens is 510 g/mol. The van der Waals surface area contributed by atoms with Crippen molar-refractivity contribution in [2.75, 3.05) is 19.6 Å². The highest BCUT2D eigenvalue weighted by Gasteiger charge is 2.30. The molecule has 0 unspecified atom stereocenters. The van der Waals surface area contributed by atoms with Crippen LogP contribution >= 0.6 is 0 Å². The highest BCUT2D eigenvalue weighted by molar-refractivity contribution is 6.28. The molecule has 1 heterocycles. The fraction of sp³-hybridized carbons (Fsp3) is 0.355. The highest BCUT2D eigenvalue weighted by Crippen LogP contribution is 2.27. The number of nitrogens with zero attached hydrogens (tertiary/aromatic N) is 1. The topological polar surface area (TPSA) is 130 Å². The lowest BCUT2D eigenvalue weighted by molar-refractivity contribution is -0.137. The van der Waals surface area contributed by atoms with E-state index in [1.807, 2.05) is 0 Å². The van der Waals surface area contributed by atoms with Gasteiger partial charge in [0.25, 0.3) is 17.7 Å². The first kappa shape index (κ1) is 28.6. The third kappa shape index (κ3) is 6.97. The van der Waals surface area contributed by atoms with Crippen LogP contribution in [-0.4, -0.2) is 59.7 Å². The number of ketones is 2. The predicted molar refractivity (Wildman–Crippen MR) is 148 cm³/mol. The van der Waals surface area contributed by atoms with E-state index in [1.54, 1.807) is 36.4 Å². The Morgan fingerprint density at radius 1 is 0.625 bits per heavy atom. The summed E-state index contributed by atoms with van der Waals surface area (Å²) in [6, 6.07) is 11.3. The van der Waals surface area contributed by atoms with E-state index in [1.165, 1.54) is 23.1 Å². The van der Waals surface area contributed by atoms with Crippen molar-refractivity contribution in [1.82, 2.24) is 15.5 Å². The number of carbonyl (C=O) groups excluding carboxylic acids is 6. The summed E-state index contributed by atoms with van der Waals surface area (Å²) < 4.78 is 0. The number of nitrogens with one attached hydrogen (secondary N) is 2. The van der Waals surface area contributed by atoms with E-state index in [2.05, 4.69) is 10.6 Å². The number of unbranched alkanes of at least 4 members (excludes halogenated alkanes) is 5. The molecule has 1 aliphatic carbocycles. The van der Waals surface area contributed by atoms with Crippen LogP contribution in [0, 0.1) is 0 Å². The van der Waals surface area contributed by atoms with Gasteiger partial charge in [-0.2, -0.15) is 0 Å². The summed E-state index contributed by atoms with van der Waals surface area (Å²) in [7, 11) is 0. The molecule has 4 rings (SSSR count). The molecule has 0 bridgehead atoms. The smallest absolute Gasteiger partial charge is 0.253 e. The van der Waals surface area contributed by atoms with Crippen molar-refractivity contribution in [3.8, 4) is 0 Å². The maximum atomic E-state index is 12.9. The van der Waals surface area contributed by atoms with Crippen LogP contribution in [0.2, 0.25) is 0 Å². The average molecular weight is 544 g/mol. The standard InChI is InChI=1S/C31H33N3O6/c35-26(12-4-3-9-19-34-27(36)15-16-28(34)37)32-17-7-1-2-8-18-33-31(40)21-13-14-24-25(20-21)30(39)23-11-6-5-10-22(23)29(24)38/h5-6,10-11,13-16,20H,1-4,7-9,12,17-19H2,(H,32,35)(H,33,40). The molecule has 0 saturated carbocycles. The van der Waals surface area contributed by atoms with Gasteiger partial charge in [-0.1, -0.05) is 43.5 Å². The summed E-state index contributed by atoms with van der Waals surface area (Å²) in [5.74, 6) is -1.31. The molecule has 0 aromatic heterocycles. The summed E-state index contributed by atoms with van der Waals surface area (Å²) in [5, 5.41) is 5.78. The van der Waals surface area contributed by atoms with Crippen LogP contribution in [0.3, 0.4) is 0 Å². The van der Waals surface area contributed by atoms with Gasteiger partial charge in [-0.15, -0.1) is 0 Å². The molecule has 9 heteroatoms. The number of fused-ring (bicyclic) bond motifs is 2. The first-order valence-corrected chi connectivity index (χ1v) is 13.8. The molecule has 208 valence electrons. The van der Waals surface area contributed by atoms with Gasteiger partial charge >= 0.3 is 0 Å². The Balaban J connectivity index is 1.05. The van der Waals surface area contributed by atoms with Gasteiger partial charge in [0, 0.05) is 66.0 Å². The minimum absolute atomic E-state index is 0.00373. The van der Waals surface area contributed by atoms with Crippen LogP contribution in [0.25, 0.3) is 0 Å². The first-order valence-electron chi connectivity index (χ1n) is 13.8. The molecule has 2 aliphatic rings. The summed E-state index contributed by atoms with van der Waals surface area (Å²) in [4.78, 5) is 74.4. The Kier molecular flexibility index (Phi) is 9.72. The SMILES string of the molecule is O=C(CCCCCN1C(=O)C=CC1=O)NCCCCCCNC(=O)c1ccc2c(c1)C(=O)c1ccccc1C2=O. The van der Waals surface area contributed by atoms with Crippen molar-refractivity contribution in [1.29, 1.82) is 0 Å². The third-order valence-corrected chi connectivity index (χ3v) is 7.08. The second kappa shape index (κ2) is 13.6. The first-order chi connectivity index (χ1) is 19.4. The van der Waals surface area contributed by atoms with Gasteiger partial charge in [-0.25, -0.2) is 0 Å². The number of amides is 4. The number of hydrogen-bond acceptors (Lipinski definition) is 6. The van der Waals surface area contributed by atoms with Crippen molar-refractivity contribution in [2.45, 2.75) is 51.4 Å². The van der Waals surface area contributed by atoms with Gasteiger partial charge in [0.1, 0.15) is 0 Å². The summed E-state index contributed by atoms with van der Waals surface area (Å²) in [5.41, 5.74) is 1.66. The number of hydrogen-bond donors (Lipinski definition) is 2. The molecule has 2 aromatic carbocycles. The molecule has 0 saturated heterocycles. The fourth-order valence-corrected chi connectivity index (χ4v) is 4.85. The van der Waals surface area contributed by atoms with Crippen LogP contribution in [0.4, 0.5) is 0 Å². The van der Waals surface area contributed by atoms with Crippen LogP contribution < -0.4 is 10.6 Å². The van der Waals surface area contributed by atoms with Gasteiger partial charge < -0.3 is 10.6 Å². The van der Waals surface area contributed by atoms with E-state index in [0.717, 1.165) is 32.1 Å². The Hall–Kier alpha value is -4.40. The van der Waals surface area contributed by atoms with Crippen molar-refractivity contribution in [2.24, 2.45) is 0 Å². The van der Waals surface area contributed by atoms with Crippen LogP contribution in [0.15, 0.2) is 54.6 Å². The Labute approximate surface area is 233 Å². The van der Waals surface area contributed by atoms with E-state index < -0.39 is 0 Å². The quantitative estimate of drug-likeness (QED) is 0.237. The number of carbonyl (C=O) groups is 6. The van der Waals surface area contributed by atoms with Crippen LogP contribution in [-0.2, 0) is 14.4 Å². The highest BCUT2D eigenvalue weighted by atomic mass is 16.2. The summed E-state index contributed by atoms with van der Waals surface area (Å²) in [6.45, 7) is 1.47.